The summed E-state index contributed by atoms with van der Waals surface area (Å²) in [4.78, 5) is 11.1. The van der Waals surface area contributed by atoms with Crippen LogP contribution in [-0.4, -0.2) is 39.7 Å². The Morgan fingerprint density at radius 3 is 2.90 bits per heavy atom. The van der Waals surface area contributed by atoms with E-state index in [1.165, 1.54) is 19.3 Å². The molecule has 0 aromatic carbocycles. The van der Waals surface area contributed by atoms with Gasteiger partial charge in [0.2, 0.25) is 0 Å². The van der Waals surface area contributed by atoms with Crippen molar-refractivity contribution in [3.63, 3.8) is 0 Å². The molecule has 1 fully saturated rings. The number of rotatable bonds is 4. The Hall–Kier alpha value is -1.79. The van der Waals surface area contributed by atoms with Crippen molar-refractivity contribution in [2.24, 2.45) is 5.73 Å². The van der Waals surface area contributed by atoms with Crippen LogP contribution in [0.3, 0.4) is 0 Å². The first kappa shape index (κ1) is 14.2. The van der Waals surface area contributed by atoms with Crippen LogP contribution in [0.1, 0.15) is 36.7 Å². The third kappa shape index (κ3) is 3.28. The van der Waals surface area contributed by atoms with Gasteiger partial charge >= 0.3 is 0 Å². The number of pyridine rings is 1. The van der Waals surface area contributed by atoms with Gasteiger partial charge in [0, 0.05) is 12.7 Å². The Morgan fingerprint density at radius 1 is 1.33 bits per heavy atom. The van der Waals surface area contributed by atoms with Crippen molar-refractivity contribution in [3.8, 4) is 11.6 Å². The molecule has 1 atom stereocenters. The minimum absolute atomic E-state index is 0.218. The highest BCUT2D eigenvalue weighted by Gasteiger charge is 2.20. The molecule has 0 radical (unpaired) electrons. The summed E-state index contributed by atoms with van der Waals surface area (Å²) in [6.07, 6.45) is 5.53. The molecule has 1 unspecified atom stereocenters. The van der Waals surface area contributed by atoms with E-state index in [4.69, 9.17) is 10.3 Å². The fourth-order valence-electron chi connectivity index (χ4n) is 2.69. The van der Waals surface area contributed by atoms with Gasteiger partial charge in [0.25, 0.3) is 5.89 Å². The van der Waals surface area contributed by atoms with Gasteiger partial charge in [0.05, 0.1) is 6.04 Å². The lowest BCUT2D eigenvalue weighted by molar-refractivity contribution is 0.213. The van der Waals surface area contributed by atoms with E-state index in [0.29, 0.717) is 11.7 Å². The number of nitrogens with two attached hydrogens (primary N) is 1. The molecular weight excluding hydrogens is 266 g/mol. The predicted octanol–water partition coefficient (Wildman–Crippen LogP) is 1.93. The summed E-state index contributed by atoms with van der Waals surface area (Å²) in [7, 11) is 0. The Morgan fingerprint density at radius 2 is 2.14 bits per heavy atom. The van der Waals surface area contributed by atoms with Crippen molar-refractivity contribution >= 4 is 0 Å². The summed E-state index contributed by atoms with van der Waals surface area (Å²) in [5.41, 5.74) is 7.94. The zero-order chi connectivity index (χ0) is 14.7. The van der Waals surface area contributed by atoms with E-state index >= 15 is 0 Å². The second-order valence-corrected chi connectivity index (χ2v) is 5.59. The molecule has 3 heterocycles. The van der Waals surface area contributed by atoms with Crippen molar-refractivity contribution in [2.75, 3.05) is 19.6 Å². The molecule has 6 nitrogen and oxygen atoms in total. The topological polar surface area (TPSA) is 81.1 Å². The Balaban J connectivity index is 1.71. The molecule has 2 aromatic rings. The number of aryl methyl sites for hydroxylation is 1. The maximum atomic E-state index is 6.21. The van der Waals surface area contributed by atoms with Gasteiger partial charge < -0.3 is 15.2 Å². The molecule has 1 saturated heterocycles. The number of likely N-dealkylation sites (tertiary alicyclic amines) is 1. The van der Waals surface area contributed by atoms with Crippen LogP contribution < -0.4 is 5.73 Å². The largest absolute Gasteiger partial charge is 0.332 e. The average Bonchev–Trinajstić information content (AvgIpc) is 2.98. The second kappa shape index (κ2) is 6.32. The normalized spacial score (nSPS) is 17.8. The highest BCUT2D eigenvalue weighted by atomic mass is 16.5. The number of piperidine rings is 1. The number of hydrogen-bond donors (Lipinski definition) is 1. The molecule has 1 aliphatic heterocycles. The zero-order valence-electron chi connectivity index (χ0n) is 12.3. The highest BCUT2D eigenvalue weighted by molar-refractivity contribution is 5.51. The lowest BCUT2D eigenvalue weighted by atomic mass is 10.1. The van der Waals surface area contributed by atoms with Crippen LogP contribution in [0, 0.1) is 6.92 Å². The standard InChI is InChI=1S/C15H21N5O/c1-11-6-5-7-17-13(11)15-18-14(19-21-15)12(16)10-20-8-3-2-4-9-20/h5-7,12H,2-4,8-10,16H2,1H3. The monoisotopic (exact) mass is 287 g/mol. The van der Waals surface area contributed by atoms with Gasteiger partial charge in [-0.25, -0.2) is 0 Å². The fraction of sp³-hybridized carbons (Fsp3) is 0.533. The summed E-state index contributed by atoms with van der Waals surface area (Å²) in [5, 5.41) is 4.02. The third-order valence-electron chi connectivity index (χ3n) is 3.89. The molecule has 0 saturated carbocycles. The van der Waals surface area contributed by atoms with Gasteiger partial charge in [-0.1, -0.05) is 17.6 Å². The Labute approximate surface area is 124 Å². The molecule has 6 heteroatoms. The molecule has 0 bridgehead atoms. The molecule has 2 N–H and O–H groups in total. The second-order valence-electron chi connectivity index (χ2n) is 5.59. The SMILES string of the molecule is Cc1cccnc1-c1nc(C(N)CN2CCCCC2)no1. The van der Waals surface area contributed by atoms with Gasteiger partial charge in [0.15, 0.2) is 5.82 Å². The van der Waals surface area contributed by atoms with E-state index in [-0.39, 0.29) is 6.04 Å². The van der Waals surface area contributed by atoms with Crippen molar-refractivity contribution in [1.29, 1.82) is 0 Å². The van der Waals surface area contributed by atoms with Gasteiger partial charge in [-0.05, 0) is 44.5 Å². The number of nitrogens with zero attached hydrogens (tertiary/aromatic N) is 4. The fourth-order valence-corrected chi connectivity index (χ4v) is 2.69. The molecule has 0 amide bonds. The summed E-state index contributed by atoms with van der Waals surface area (Å²) >= 11 is 0. The molecule has 3 rings (SSSR count). The molecule has 2 aromatic heterocycles. The average molecular weight is 287 g/mol. The molecule has 0 aliphatic carbocycles. The smallest absolute Gasteiger partial charge is 0.276 e. The number of aromatic nitrogens is 3. The molecular formula is C15H21N5O. The van der Waals surface area contributed by atoms with Crippen LogP contribution in [0.4, 0.5) is 0 Å². The van der Waals surface area contributed by atoms with Gasteiger partial charge in [-0.3, -0.25) is 4.98 Å². The van der Waals surface area contributed by atoms with Crippen LogP contribution >= 0.6 is 0 Å². The number of hydrogen-bond acceptors (Lipinski definition) is 6. The summed E-state index contributed by atoms with van der Waals surface area (Å²) < 4.78 is 5.32. The van der Waals surface area contributed by atoms with Crippen molar-refractivity contribution < 1.29 is 4.52 Å². The zero-order valence-corrected chi connectivity index (χ0v) is 12.3. The van der Waals surface area contributed by atoms with E-state index in [0.717, 1.165) is 30.9 Å². The van der Waals surface area contributed by atoms with E-state index < -0.39 is 0 Å². The maximum absolute atomic E-state index is 6.21. The first-order valence-corrected chi connectivity index (χ1v) is 7.47. The first-order valence-electron chi connectivity index (χ1n) is 7.47. The maximum Gasteiger partial charge on any atom is 0.276 e. The minimum atomic E-state index is -0.218. The lowest BCUT2D eigenvalue weighted by Crippen LogP contribution is -2.36. The summed E-state index contributed by atoms with van der Waals surface area (Å²) in [5.74, 6) is 0.998. The van der Waals surface area contributed by atoms with E-state index in [9.17, 15) is 0 Å². The molecule has 21 heavy (non-hydrogen) atoms. The van der Waals surface area contributed by atoms with Crippen molar-refractivity contribution in [3.05, 3.63) is 29.7 Å². The minimum Gasteiger partial charge on any atom is -0.332 e. The predicted molar refractivity (Wildman–Crippen MR) is 79.5 cm³/mol. The van der Waals surface area contributed by atoms with Gasteiger partial charge in [0.1, 0.15) is 5.69 Å². The quantitative estimate of drug-likeness (QED) is 0.925. The lowest BCUT2D eigenvalue weighted by Gasteiger charge is -2.27. The summed E-state index contributed by atoms with van der Waals surface area (Å²) in [6, 6.07) is 3.64. The first-order chi connectivity index (χ1) is 10.2. The van der Waals surface area contributed by atoms with Crippen LogP contribution in [0.2, 0.25) is 0 Å². The molecule has 112 valence electrons. The van der Waals surface area contributed by atoms with E-state index in [2.05, 4.69) is 20.0 Å². The van der Waals surface area contributed by atoms with Crippen molar-refractivity contribution in [1.82, 2.24) is 20.0 Å². The van der Waals surface area contributed by atoms with Crippen LogP contribution in [-0.2, 0) is 0 Å². The van der Waals surface area contributed by atoms with Gasteiger partial charge in [-0.2, -0.15) is 4.98 Å². The third-order valence-corrected chi connectivity index (χ3v) is 3.89. The Bertz CT molecular complexity index is 591. The summed E-state index contributed by atoms with van der Waals surface area (Å²) in [6.45, 7) is 4.97. The Kier molecular flexibility index (Phi) is 4.26. The highest BCUT2D eigenvalue weighted by Crippen LogP contribution is 2.20. The van der Waals surface area contributed by atoms with Crippen LogP contribution in [0.15, 0.2) is 22.9 Å². The van der Waals surface area contributed by atoms with Gasteiger partial charge in [-0.15, -0.1) is 0 Å². The van der Waals surface area contributed by atoms with Crippen LogP contribution in [0.5, 0.6) is 0 Å². The van der Waals surface area contributed by atoms with Crippen LogP contribution in [0.25, 0.3) is 11.6 Å². The van der Waals surface area contributed by atoms with Crippen molar-refractivity contribution in [2.45, 2.75) is 32.2 Å². The van der Waals surface area contributed by atoms with E-state index in [1.807, 2.05) is 19.1 Å². The van der Waals surface area contributed by atoms with E-state index in [1.54, 1.807) is 6.20 Å². The molecule has 1 aliphatic rings. The molecule has 0 spiro atoms.